The van der Waals surface area contributed by atoms with Gasteiger partial charge in [0.05, 0.1) is 28.7 Å². The highest BCUT2D eigenvalue weighted by atomic mass is 19.1. The smallest absolute Gasteiger partial charge is 0.125 e. The van der Waals surface area contributed by atoms with Crippen molar-refractivity contribution in [3.63, 3.8) is 0 Å². The molecule has 3 aromatic rings. The molecule has 0 aliphatic carbocycles. The predicted octanol–water partition coefficient (Wildman–Crippen LogP) is 4.30. The molecule has 126 valence electrons. The summed E-state index contributed by atoms with van der Waals surface area (Å²) in [7, 11) is 0. The largest absolute Gasteiger partial charge is 0.341 e. The number of likely N-dealkylation sites (tertiary alicyclic amines) is 1. The van der Waals surface area contributed by atoms with Crippen molar-refractivity contribution in [2.45, 2.75) is 31.8 Å². The predicted molar refractivity (Wildman–Crippen MR) is 94.2 cm³/mol. The third-order valence-electron chi connectivity index (χ3n) is 4.90. The first kappa shape index (κ1) is 15.8. The standard InChI is InChI=1S/C20H19FN4/c21-16-8-9-17-18(11-16)24-20(23-17)19-7-3-4-10-25(19)13-15-6-2-1-5-14(15)12-22/h1-2,5-6,8-9,11,19H,3-4,7,10,13H2,(H,23,24). The molecule has 4 rings (SSSR count). The molecule has 5 heteroatoms. The summed E-state index contributed by atoms with van der Waals surface area (Å²) in [5, 5.41) is 9.33. The van der Waals surface area contributed by atoms with E-state index in [2.05, 4.69) is 20.9 Å². The van der Waals surface area contributed by atoms with Gasteiger partial charge in [0.15, 0.2) is 0 Å². The van der Waals surface area contributed by atoms with Crippen LogP contribution in [-0.2, 0) is 6.54 Å². The fourth-order valence-electron chi connectivity index (χ4n) is 3.64. The Labute approximate surface area is 145 Å². The highest BCUT2D eigenvalue weighted by Crippen LogP contribution is 2.32. The van der Waals surface area contributed by atoms with Gasteiger partial charge in [0, 0.05) is 6.54 Å². The Balaban J connectivity index is 1.65. The van der Waals surface area contributed by atoms with Gasteiger partial charge in [0.25, 0.3) is 0 Å². The monoisotopic (exact) mass is 334 g/mol. The Morgan fingerprint density at radius 3 is 3.00 bits per heavy atom. The maximum absolute atomic E-state index is 13.4. The summed E-state index contributed by atoms with van der Waals surface area (Å²) >= 11 is 0. The third-order valence-corrected chi connectivity index (χ3v) is 4.90. The Morgan fingerprint density at radius 1 is 1.24 bits per heavy atom. The van der Waals surface area contributed by atoms with Crippen LogP contribution >= 0.6 is 0 Å². The number of aromatic nitrogens is 2. The van der Waals surface area contributed by atoms with Gasteiger partial charge in [-0.15, -0.1) is 0 Å². The van der Waals surface area contributed by atoms with Crippen LogP contribution in [0.1, 0.15) is 42.3 Å². The number of rotatable bonds is 3. The number of nitrogens with zero attached hydrogens (tertiary/aromatic N) is 3. The lowest BCUT2D eigenvalue weighted by atomic mass is 9.99. The van der Waals surface area contributed by atoms with Crippen LogP contribution in [-0.4, -0.2) is 21.4 Å². The zero-order chi connectivity index (χ0) is 17.2. The molecule has 0 radical (unpaired) electrons. The number of nitrogens with one attached hydrogen (secondary N) is 1. The van der Waals surface area contributed by atoms with E-state index in [0.29, 0.717) is 0 Å². The first-order chi connectivity index (χ1) is 12.2. The summed E-state index contributed by atoms with van der Waals surface area (Å²) in [6, 6.07) is 14.8. The van der Waals surface area contributed by atoms with Crippen LogP contribution in [0.15, 0.2) is 42.5 Å². The van der Waals surface area contributed by atoms with Crippen molar-refractivity contribution in [1.29, 1.82) is 5.26 Å². The van der Waals surface area contributed by atoms with Crippen LogP contribution in [0.4, 0.5) is 4.39 Å². The SMILES string of the molecule is N#Cc1ccccc1CN1CCCCC1c1nc2ccc(F)cc2[nH]1. The molecule has 0 saturated carbocycles. The maximum atomic E-state index is 13.4. The van der Waals surface area contributed by atoms with Crippen molar-refractivity contribution in [2.75, 3.05) is 6.54 Å². The van der Waals surface area contributed by atoms with Gasteiger partial charge in [-0.05, 0) is 49.2 Å². The minimum absolute atomic E-state index is 0.163. The molecule has 25 heavy (non-hydrogen) atoms. The van der Waals surface area contributed by atoms with E-state index in [1.54, 1.807) is 6.07 Å². The number of halogens is 1. The van der Waals surface area contributed by atoms with E-state index < -0.39 is 0 Å². The highest BCUT2D eigenvalue weighted by molar-refractivity contribution is 5.75. The zero-order valence-corrected chi connectivity index (χ0v) is 13.9. The lowest BCUT2D eigenvalue weighted by Gasteiger charge is -2.34. The van der Waals surface area contributed by atoms with Crippen molar-refractivity contribution < 1.29 is 4.39 Å². The normalized spacial score (nSPS) is 18.3. The summed E-state index contributed by atoms with van der Waals surface area (Å²) in [6.45, 7) is 1.69. The number of aromatic amines is 1. The molecule has 1 unspecified atom stereocenters. The summed E-state index contributed by atoms with van der Waals surface area (Å²) in [6.07, 6.45) is 3.30. The lowest BCUT2D eigenvalue weighted by molar-refractivity contribution is 0.134. The van der Waals surface area contributed by atoms with Crippen LogP contribution < -0.4 is 0 Å². The number of hydrogen-bond donors (Lipinski definition) is 1. The summed E-state index contributed by atoms with van der Waals surface area (Å²) < 4.78 is 13.4. The van der Waals surface area contributed by atoms with E-state index >= 15 is 0 Å². The van der Waals surface area contributed by atoms with E-state index in [4.69, 9.17) is 0 Å². The van der Waals surface area contributed by atoms with E-state index in [1.807, 2.05) is 24.3 Å². The molecule has 0 bridgehead atoms. The number of piperidine rings is 1. The van der Waals surface area contributed by atoms with E-state index in [0.717, 1.165) is 60.3 Å². The first-order valence-electron chi connectivity index (χ1n) is 8.62. The molecule has 1 N–H and O–H groups in total. The molecule has 2 heterocycles. The van der Waals surface area contributed by atoms with Crippen LogP contribution in [0, 0.1) is 17.1 Å². The van der Waals surface area contributed by atoms with Crippen molar-refractivity contribution >= 4 is 11.0 Å². The van der Waals surface area contributed by atoms with Gasteiger partial charge >= 0.3 is 0 Å². The molecule has 1 atom stereocenters. The molecule has 1 saturated heterocycles. The molecule has 1 aromatic heterocycles. The van der Waals surface area contributed by atoms with Gasteiger partial charge in [0.1, 0.15) is 11.6 Å². The molecular formula is C20H19FN4. The fraction of sp³-hybridized carbons (Fsp3) is 0.300. The van der Waals surface area contributed by atoms with Gasteiger partial charge in [-0.25, -0.2) is 9.37 Å². The number of nitriles is 1. The average Bonchev–Trinajstić information content (AvgIpc) is 3.05. The van der Waals surface area contributed by atoms with Crippen LogP contribution in [0.3, 0.4) is 0 Å². The van der Waals surface area contributed by atoms with Crippen molar-refractivity contribution in [3.8, 4) is 6.07 Å². The highest BCUT2D eigenvalue weighted by Gasteiger charge is 2.27. The number of imidazole rings is 1. The Bertz CT molecular complexity index is 940. The molecule has 2 aromatic carbocycles. The number of hydrogen-bond acceptors (Lipinski definition) is 3. The Morgan fingerprint density at radius 2 is 2.12 bits per heavy atom. The van der Waals surface area contributed by atoms with E-state index in [9.17, 15) is 9.65 Å². The van der Waals surface area contributed by atoms with E-state index in [1.165, 1.54) is 12.1 Å². The van der Waals surface area contributed by atoms with Gasteiger partial charge in [-0.1, -0.05) is 24.6 Å². The minimum atomic E-state index is -0.258. The maximum Gasteiger partial charge on any atom is 0.125 e. The number of H-pyrrole nitrogens is 1. The lowest BCUT2D eigenvalue weighted by Crippen LogP contribution is -2.33. The topological polar surface area (TPSA) is 55.7 Å². The summed E-state index contributed by atoms with van der Waals surface area (Å²) in [5.41, 5.74) is 3.29. The Kier molecular flexibility index (Phi) is 4.21. The molecule has 1 fully saturated rings. The van der Waals surface area contributed by atoms with Crippen molar-refractivity contribution in [1.82, 2.24) is 14.9 Å². The average molecular weight is 334 g/mol. The summed E-state index contributed by atoms with van der Waals surface area (Å²) in [5.74, 6) is 0.626. The quantitative estimate of drug-likeness (QED) is 0.777. The van der Waals surface area contributed by atoms with Crippen molar-refractivity contribution in [2.24, 2.45) is 0 Å². The molecule has 4 nitrogen and oxygen atoms in total. The second-order valence-corrected chi connectivity index (χ2v) is 6.53. The third kappa shape index (κ3) is 3.13. The van der Waals surface area contributed by atoms with Gasteiger partial charge in [-0.3, -0.25) is 4.90 Å². The van der Waals surface area contributed by atoms with Crippen LogP contribution in [0.25, 0.3) is 11.0 Å². The summed E-state index contributed by atoms with van der Waals surface area (Å²) in [4.78, 5) is 10.3. The zero-order valence-electron chi connectivity index (χ0n) is 13.9. The molecule has 1 aliphatic rings. The van der Waals surface area contributed by atoms with Crippen LogP contribution in [0.2, 0.25) is 0 Å². The second-order valence-electron chi connectivity index (χ2n) is 6.53. The van der Waals surface area contributed by atoms with Gasteiger partial charge in [-0.2, -0.15) is 5.26 Å². The van der Waals surface area contributed by atoms with Crippen LogP contribution in [0.5, 0.6) is 0 Å². The number of fused-ring (bicyclic) bond motifs is 1. The van der Waals surface area contributed by atoms with Gasteiger partial charge in [0.2, 0.25) is 0 Å². The second kappa shape index (κ2) is 6.66. The molecule has 0 spiro atoms. The Hall–Kier alpha value is -2.71. The molecular weight excluding hydrogens is 315 g/mol. The number of benzene rings is 2. The molecule has 0 amide bonds. The first-order valence-corrected chi connectivity index (χ1v) is 8.62. The van der Waals surface area contributed by atoms with Crippen molar-refractivity contribution in [3.05, 3.63) is 65.2 Å². The minimum Gasteiger partial charge on any atom is -0.341 e. The van der Waals surface area contributed by atoms with E-state index in [-0.39, 0.29) is 11.9 Å². The fourth-order valence-corrected chi connectivity index (χ4v) is 3.64. The van der Waals surface area contributed by atoms with Gasteiger partial charge < -0.3 is 4.98 Å². The molecule has 1 aliphatic heterocycles.